The van der Waals surface area contributed by atoms with Crippen molar-refractivity contribution in [1.82, 2.24) is 10.2 Å². The van der Waals surface area contributed by atoms with Gasteiger partial charge < -0.3 is 15.0 Å². The van der Waals surface area contributed by atoms with Crippen molar-refractivity contribution in [3.05, 3.63) is 58.8 Å². The lowest BCUT2D eigenvalue weighted by Crippen LogP contribution is -2.41. The number of anilines is 2. The van der Waals surface area contributed by atoms with Gasteiger partial charge in [0.25, 0.3) is 0 Å². The van der Waals surface area contributed by atoms with Crippen molar-refractivity contribution < 1.29 is 4.74 Å². The summed E-state index contributed by atoms with van der Waals surface area (Å²) in [5, 5.41) is 23.9. The topological polar surface area (TPSA) is 74.1 Å². The molecule has 2 atom stereocenters. The summed E-state index contributed by atoms with van der Waals surface area (Å²) in [6, 6.07) is 14.6. The Morgan fingerprint density at radius 1 is 1.20 bits per heavy atom. The first kappa shape index (κ1) is 20.1. The zero-order chi connectivity index (χ0) is 21.3. The smallest absolute Gasteiger partial charge is 0.157 e. The molecule has 0 bridgehead atoms. The van der Waals surface area contributed by atoms with Crippen LogP contribution in [0.2, 0.25) is 0 Å². The zero-order valence-electron chi connectivity index (χ0n) is 17.9. The molecule has 0 radical (unpaired) electrons. The van der Waals surface area contributed by atoms with Crippen molar-refractivity contribution >= 4 is 22.3 Å². The first-order valence-electron chi connectivity index (χ1n) is 10.4. The number of morpholine rings is 1. The van der Waals surface area contributed by atoms with E-state index in [2.05, 4.69) is 64.6 Å². The number of nitrogens with one attached hydrogen (secondary N) is 1. The number of nitrogens with zero attached hydrogens (tertiary/aromatic N) is 4. The maximum Gasteiger partial charge on any atom is 0.157 e. The second-order valence-corrected chi connectivity index (χ2v) is 7.99. The van der Waals surface area contributed by atoms with Crippen molar-refractivity contribution in [2.24, 2.45) is 0 Å². The second-order valence-electron chi connectivity index (χ2n) is 7.99. The Labute approximate surface area is 177 Å². The third kappa shape index (κ3) is 3.81. The predicted molar refractivity (Wildman–Crippen MR) is 120 cm³/mol. The third-order valence-electron chi connectivity index (χ3n) is 5.87. The van der Waals surface area contributed by atoms with E-state index in [1.807, 2.05) is 26.0 Å². The van der Waals surface area contributed by atoms with E-state index in [0.29, 0.717) is 5.56 Å². The van der Waals surface area contributed by atoms with Gasteiger partial charge in [0, 0.05) is 29.5 Å². The summed E-state index contributed by atoms with van der Waals surface area (Å²) in [4.78, 5) is 2.36. The second kappa shape index (κ2) is 8.29. The molecule has 1 unspecified atom stereocenters. The summed E-state index contributed by atoms with van der Waals surface area (Å²) < 4.78 is 5.69. The fourth-order valence-electron chi connectivity index (χ4n) is 4.16. The monoisotopic (exact) mass is 401 g/mol. The van der Waals surface area contributed by atoms with Crippen LogP contribution in [-0.4, -0.2) is 36.0 Å². The Balaban J connectivity index is 1.71. The Kier molecular flexibility index (Phi) is 5.56. The van der Waals surface area contributed by atoms with E-state index < -0.39 is 0 Å². The number of hydrogen-bond donors (Lipinski definition) is 1. The first-order valence-corrected chi connectivity index (χ1v) is 10.4. The van der Waals surface area contributed by atoms with E-state index in [4.69, 9.17) is 4.74 Å². The lowest BCUT2D eigenvalue weighted by atomic mass is 9.98. The molecule has 6 heteroatoms. The molecule has 1 fully saturated rings. The van der Waals surface area contributed by atoms with E-state index in [0.717, 1.165) is 53.1 Å². The van der Waals surface area contributed by atoms with Crippen LogP contribution in [0.1, 0.15) is 42.3 Å². The van der Waals surface area contributed by atoms with Crippen molar-refractivity contribution in [3.8, 4) is 6.07 Å². The fraction of sp³-hybridized carbons (Fsp3) is 0.375. The highest BCUT2D eigenvalue weighted by molar-refractivity contribution is 5.95. The molecule has 0 spiro atoms. The highest BCUT2D eigenvalue weighted by atomic mass is 16.5. The van der Waals surface area contributed by atoms with Gasteiger partial charge in [0.05, 0.1) is 36.1 Å². The minimum Gasteiger partial charge on any atom is -0.375 e. The van der Waals surface area contributed by atoms with E-state index in [-0.39, 0.29) is 12.1 Å². The molecule has 1 aliphatic rings. The molecule has 2 heterocycles. The minimum atomic E-state index is -0.00873. The van der Waals surface area contributed by atoms with Crippen LogP contribution in [0.5, 0.6) is 0 Å². The van der Waals surface area contributed by atoms with Gasteiger partial charge in [-0.3, -0.25) is 0 Å². The summed E-state index contributed by atoms with van der Waals surface area (Å²) in [7, 11) is 0. The van der Waals surface area contributed by atoms with E-state index in [1.165, 1.54) is 5.69 Å². The van der Waals surface area contributed by atoms with Crippen LogP contribution >= 0.6 is 0 Å². The predicted octanol–water partition coefficient (Wildman–Crippen LogP) is 4.52. The SMILES string of the molecule is Cc1c(C#N)cccc1[C@@H](C)Nc1nnc(C)c2ccc(N3CCOC(C)C3)cc12. The van der Waals surface area contributed by atoms with Crippen LogP contribution in [0, 0.1) is 25.2 Å². The fourth-order valence-corrected chi connectivity index (χ4v) is 4.16. The number of fused-ring (bicyclic) bond motifs is 1. The standard InChI is InChI=1S/C24H27N5O/c1-15-14-29(10-11-30-15)20-8-9-22-18(4)27-28-24(23(22)12-20)26-17(3)21-7-5-6-19(13-25)16(21)2/h5-9,12,15,17H,10-11,14H2,1-4H3,(H,26,28)/t15?,17-/m1/s1. The van der Waals surface area contributed by atoms with Crippen LogP contribution in [-0.2, 0) is 4.74 Å². The minimum absolute atomic E-state index is 0.00873. The van der Waals surface area contributed by atoms with Gasteiger partial charge in [-0.15, -0.1) is 5.10 Å². The quantitative estimate of drug-likeness (QED) is 0.693. The van der Waals surface area contributed by atoms with Crippen molar-refractivity contribution in [1.29, 1.82) is 5.26 Å². The molecule has 0 aliphatic carbocycles. The van der Waals surface area contributed by atoms with Gasteiger partial charge in [-0.25, -0.2) is 0 Å². The van der Waals surface area contributed by atoms with E-state index in [9.17, 15) is 5.26 Å². The molecule has 30 heavy (non-hydrogen) atoms. The van der Waals surface area contributed by atoms with Crippen molar-refractivity contribution in [2.45, 2.75) is 39.8 Å². The molecule has 3 aromatic rings. The molecule has 154 valence electrons. The lowest BCUT2D eigenvalue weighted by Gasteiger charge is -2.33. The van der Waals surface area contributed by atoms with Gasteiger partial charge in [0.1, 0.15) is 0 Å². The maximum absolute atomic E-state index is 9.35. The molecule has 1 N–H and O–H groups in total. The van der Waals surface area contributed by atoms with E-state index >= 15 is 0 Å². The van der Waals surface area contributed by atoms with Crippen LogP contribution in [0.15, 0.2) is 36.4 Å². The molecule has 0 amide bonds. The van der Waals surface area contributed by atoms with E-state index in [1.54, 1.807) is 0 Å². The van der Waals surface area contributed by atoms with Crippen molar-refractivity contribution in [3.63, 3.8) is 0 Å². The molecule has 6 nitrogen and oxygen atoms in total. The number of benzene rings is 2. The Bertz CT molecular complexity index is 1120. The normalized spacial score (nSPS) is 17.6. The van der Waals surface area contributed by atoms with Crippen molar-refractivity contribution in [2.75, 3.05) is 29.9 Å². The van der Waals surface area contributed by atoms with Gasteiger partial charge in [-0.2, -0.15) is 10.4 Å². The maximum atomic E-state index is 9.35. The molecule has 1 saturated heterocycles. The average molecular weight is 402 g/mol. The summed E-state index contributed by atoms with van der Waals surface area (Å²) in [6.45, 7) is 10.7. The number of aromatic nitrogens is 2. The third-order valence-corrected chi connectivity index (χ3v) is 5.87. The highest BCUT2D eigenvalue weighted by Crippen LogP contribution is 2.31. The summed E-state index contributed by atoms with van der Waals surface area (Å²) in [6.07, 6.45) is 0.222. The molecule has 2 aromatic carbocycles. The number of nitriles is 1. The average Bonchev–Trinajstić information content (AvgIpc) is 2.75. The number of ether oxygens (including phenoxy) is 1. The number of rotatable bonds is 4. The largest absolute Gasteiger partial charge is 0.375 e. The molecule has 0 saturated carbocycles. The summed E-state index contributed by atoms with van der Waals surface area (Å²) >= 11 is 0. The Hall–Kier alpha value is -3.17. The summed E-state index contributed by atoms with van der Waals surface area (Å²) in [5.74, 6) is 0.757. The van der Waals surface area contributed by atoms with Crippen LogP contribution in [0.4, 0.5) is 11.5 Å². The zero-order valence-corrected chi connectivity index (χ0v) is 17.9. The molecular weight excluding hydrogens is 374 g/mol. The van der Waals surface area contributed by atoms with Gasteiger partial charge in [-0.05, 0) is 57.0 Å². The number of aryl methyl sites for hydroxylation is 1. The molecular formula is C24H27N5O. The lowest BCUT2D eigenvalue weighted by molar-refractivity contribution is 0.0532. The van der Waals surface area contributed by atoms with Gasteiger partial charge in [0.15, 0.2) is 5.82 Å². The molecule has 4 rings (SSSR count). The summed E-state index contributed by atoms with van der Waals surface area (Å²) in [5.41, 5.74) is 4.86. The molecule has 1 aliphatic heterocycles. The number of hydrogen-bond acceptors (Lipinski definition) is 6. The van der Waals surface area contributed by atoms with Gasteiger partial charge in [0.2, 0.25) is 0 Å². The van der Waals surface area contributed by atoms with Gasteiger partial charge in [-0.1, -0.05) is 18.2 Å². The van der Waals surface area contributed by atoms with Crippen LogP contribution in [0.3, 0.4) is 0 Å². The molecule has 1 aromatic heterocycles. The first-order chi connectivity index (χ1) is 14.5. The Morgan fingerprint density at radius 2 is 2.03 bits per heavy atom. The van der Waals surface area contributed by atoms with Gasteiger partial charge >= 0.3 is 0 Å². The van der Waals surface area contributed by atoms with Crippen LogP contribution < -0.4 is 10.2 Å². The highest BCUT2D eigenvalue weighted by Gasteiger charge is 2.19. The Morgan fingerprint density at radius 3 is 2.80 bits per heavy atom. The van der Waals surface area contributed by atoms with Crippen LogP contribution in [0.25, 0.3) is 10.8 Å².